The maximum Gasteiger partial charge on any atom is 0.293 e. The summed E-state index contributed by atoms with van der Waals surface area (Å²) in [7, 11) is 0. The van der Waals surface area contributed by atoms with Gasteiger partial charge in [0.2, 0.25) is 0 Å². The van der Waals surface area contributed by atoms with Gasteiger partial charge in [0.15, 0.2) is 5.78 Å². The van der Waals surface area contributed by atoms with Crippen molar-refractivity contribution < 1.29 is 9.72 Å². The van der Waals surface area contributed by atoms with E-state index >= 15 is 0 Å². The van der Waals surface area contributed by atoms with E-state index in [1.54, 1.807) is 12.1 Å². The van der Waals surface area contributed by atoms with Crippen LogP contribution in [0.1, 0.15) is 37.6 Å². The summed E-state index contributed by atoms with van der Waals surface area (Å²) in [5.74, 6) is 0.886. The first-order valence-corrected chi connectivity index (χ1v) is 6.92. The minimum Gasteiger partial charge on any atom is -0.365 e. The summed E-state index contributed by atoms with van der Waals surface area (Å²) in [5.41, 5.74) is 1.04. The number of Topliss-reactive ketones (excluding diaryl/α,β-unsaturated/α-hetero) is 1. The second-order valence-corrected chi connectivity index (χ2v) is 5.87. The summed E-state index contributed by atoms with van der Waals surface area (Å²) in [6, 6.07) is 4.77. The number of piperidine rings is 1. The third kappa shape index (κ3) is 2.98. The molecule has 20 heavy (non-hydrogen) atoms. The standard InChI is InChI=1S/C15H20N2O3/c1-10-6-11(2)9-16(8-10)14-5-4-13(12(3)18)7-15(14)17(19)20/h4-5,7,10-11H,6,8-9H2,1-3H3/t10-,11+. The van der Waals surface area contributed by atoms with Crippen LogP contribution < -0.4 is 4.90 Å². The molecule has 0 aliphatic carbocycles. The van der Waals surface area contributed by atoms with Crippen molar-refractivity contribution in [3.8, 4) is 0 Å². The van der Waals surface area contributed by atoms with E-state index in [0.717, 1.165) is 19.5 Å². The molecule has 1 saturated heterocycles. The van der Waals surface area contributed by atoms with E-state index in [2.05, 4.69) is 18.7 Å². The summed E-state index contributed by atoms with van der Waals surface area (Å²) in [6.45, 7) is 7.40. The van der Waals surface area contributed by atoms with Crippen LogP contribution in [0.3, 0.4) is 0 Å². The number of rotatable bonds is 3. The fourth-order valence-corrected chi connectivity index (χ4v) is 3.02. The molecule has 2 rings (SSSR count). The zero-order valence-corrected chi connectivity index (χ0v) is 12.1. The summed E-state index contributed by atoms with van der Waals surface area (Å²) >= 11 is 0. The van der Waals surface area contributed by atoms with E-state index in [-0.39, 0.29) is 11.5 Å². The molecule has 0 unspecified atom stereocenters. The number of ketones is 1. The average Bonchev–Trinajstić information content (AvgIpc) is 2.36. The molecule has 0 amide bonds. The highest BCUT2D eigenvalue weighted by atomic mass is 16.6. The largest absolute Gasteiger partial charge is 0.365 e. The van der Waals surface area contributed by atoms with Crippen molar-refractivity contribution in [3.63, 3.8) is 0 Å². The normalized spacial score (nSPS) is 22.6. The molecule has 0 radical (unpaired) electrons. The van der Waals surface area contributed by atoms with Crippen LogP contribution in [0.4, 0.5) is 11.4 Å². The van der Waals surface area contributed by atoms with Crippen molar-refractivity contribution in [1.29, 1.82) is 0 Å². The van der Waals surface area contributed by atoms with E-state index in [1.165, 1.54) is 13.0 Å². The van der Waals surface area contributed by atoms with Gasteiger partial charge in [0.25, 0.3) is 5.69 Å². The maximum atomic E-state index is 11.4. The van der Waals surface area contributed by atoms with Gasteiger partial charge in [0.1, 0.15) is 5.69 Å². The molecule has 0 N–H and O–H groups in total. The lowest BCUT2D eigenvalue weighted by atomic mass is 9.91. The van der Waals surface area contributed by atoms with Gasteiger partial charge in [-0.1, -0.05) is 13.8 Å². The first kappa shape index (κ1) is 14.5. The first-order chi connectivity index (χ1) is 9.38. The molecule has 1 aromatic carbocycles. The van der Waals surface area contributed by atoms with Gasteiger partial charge in [-0.3, -0.25) is 14.9 Å². The summed E-state index contributed by atoms with van der Waals surface area (Å²) in [4.78, 5) is 24.3. The number of carbonyl (C=O) groups is 1. The molecule has 5 heteroatoms. The molecule has 0 aromatic heterocycles. The minimum atomic E-state index is -0.397. The van der Waals surface area contributed by atoms with Gasteiger partial charge in [0.05, 0.1) is 4.92 Å². The summed E-state index contributed by atoms with van der Waals surface area (Å²) < 4.78 is 0. The Kier molecular flexibility index (Phi) is 4.06. The molecule has 5 nitrogen and oxygen atoms in total. The van der Waals surface area contributed by atoms with Crippen LogP contribution in [-0.4, -0.2) is 23.8 Å². The number of nitro benzene ring substituents is 1. The van der Waals surface area contributed by atoms with Crippen molar-refractivity contribution in [2.45, 2.75) is 27.2 Å². The summed E-state index contributed by atoms with van der Waals surface area (Å²) in [6.07, 6.45) is 1.15. The van der Waals surface area contributed by atoms with Gasteiger partial charge in [-0.25, -0.2) is 0 Å². The predicted molar refractivity (Wildman–Crippen MR) is 78.3 cm³/mol. The SMILES string of the molecule is CC(=O)c1ccc(N2C[C@H](C)C[C@H](C)C2)c([N+](=O)[O-])c1. The van der Waals surface area contributed by atoms with Crippen LogP contribution in [0.15, 0.2) is 18.2 Å². The number of carbonyl (C=O) groups excluding carboxylic acids is 1. The fourth-order valence-electron chi connectivity index (χ4n) is 3.02. The fraction of sp³-hybridized carbons (Fsp3) is 0.533. The van der Waals surface area contributed by atoms with Crippen LogP contribution >= 0.6 is 0 Å². The van der Waals surface area contributed by atoms with Crippen molar-refractivity contribution in [1.82, 2.24) is 0 Å². The Bertz CT molecular complexity index is 532. The monoisotopic (exact) mass is 276 g/mol. The Balaban J connectivity index is 2.40. The number of hydrogen-bond donors (Lipinski definition) is 0. The Morgan fingerprint density at radius 2 is 1.90 bits per heavy atom. The van der Waals surface area contributed by atoms with E-state index in [4.69, 9.17) is 0 Å². The molecule has 1 aliphatic rings. The average molecular weight is 276 g/mol. The van der Waals surface area contributed by atoms with Crippen LogP contribution in [-0.2, 0) is 0 Å². The lowest BCUT2D eigenvalue weighted by Gasteiger charge is -2.36. The van der Waals surface area contributed by atoms with Gasteiger partial charge < -0.3 is 4.90 Å². The first-order valence-electron chi connectivity index (χ1n) is 6.92. The van der Waals surface area contributed by atoms with Gasteiger partial charge >= 0.3 is 0 Å². The highest BCUT2D eigenvalue weighted by Gasteiger charge is 2.27. The van der Waals surface area contributed by atoms with Crippen LogP contribution in [0, 0.1) is 22.0 Å². The highest BCUT2D eigenvalue weighted by molar-refractivity contribution is 5.95. The Morgan fingerprint density at radius 3 is 2.40 bits per heavy atom. The third-order valence-electron chi connectivity index (χ3n) is 3.79. The van der Waals surface area contributed by atoms with Gasteiger partial charge in [-0.2, -0.15) is 0 Å². The number of nitrogens with zero attached hydrogens (tertiary/aromatic N) is 2. The number of hydrogen-bond acceptors (Lipinski definition) is 4. The molecule has 108 valence electrons. The minimum absolute atomic E-state index is 0.0269. The molecular formula is C15H20N2O3. The van der Waals surface area contributed by atoms with Crippen LogP contribution in [0.2, 0.25) is 0 Å². The topological polar surface area (TPSA) is 63.5 Å². The lowest BCUT2D eigenvalue weighted by molar-refractivity contribution is -0.384. The van der Waals surface area contributed by atoms with Gasteiger partial charge in [0, 0.05) is 24.7 Å². The lowest BCUT2D eigenvalue weighted by Crippen LogP contribution is -2.39. The molecule has 1 aromatic rings. The zero-order valence-electron chi connectivity index (χ0n) is 12.1. The predicted octanol–water partition coefficient (Wildman–Crippen LogP) is 3.28. The van der Waals surface area contributed by atoms with Crippen LogP contribution in [0.5, 0.6) is 0 Å². The number of nitro groups is 1. The van der Waals surface area contributed by atoms with Crippen molar-refractivity contribution in [2.75, 3.05) is 18.0 Å². The van der Waals surface area contributed by atoms with Gasteiger partial charge in [-0.15, -0.1) is 0 Å². The Labute approximate surface area is 118 Å². The maximum absolute atomic E-state index is 11.4. The highest BCUT2D eigenvalue weighted by Crippen LogP contribution is 2.33. The van der Waals surface area contributed by atoms with Crippen molar-refractivity contribution in [3.05, 3.63) is 33.9 Å². The molecule has 1 heterocycles. The zero-order chi connectivity index (χ0) is 14.9. The van der Waals surface area contributed by atoms with Crippen molar-refractivity contribution >= 4 is 17.2 Å². The van der Waals surface area contributed by atoms with Crippen LogP contribution in [0.25, 0.3) is 0 Å². The second-order valence-electron chi connectivity index (χ2n) is 5.87. The Hall–Kier alpha value is -1.91. The van der Waals surface area contributed by atoms with E-state index < -0.39 is 4.92 Å². The molecule has 1 aliphatic heterocycles. The van der Waals surface area contributed by atoms with E-state index in [0.29, 0.717) is 23.1 Å². The molecule has 0 spiro atoms. The smallest absolute Gasteiger partial charge is 0.293 e. The number of benzene rings is 1. The quantitative estimate of drug-likeness (QED) is 0.483. The van der Waals surface area contributed by atoms with E-state index in [1.807, 2.05) is 0 Å². The molecule has 0 bridgehead atoms. The molecule has 0 saturated carbocycles. The molecule has 2 atom stereocenters. The molecule has 1 fully saturated rings. The Morgan fingerprint density at radius 1 is 1.30 bits per heavy atom. The van der Waals surface area contributed by atoms with Crippen molar-refractivity contribution in [2.24, 2.45) is 11.8 Å². The second kappa shape index (κ2) is 5.61. The third-order valence-corrected chi connectivity index (χ3v) is 3.79. The summed E-state index contributed by atoms with van der Waals surface area (Å²) in [5, 5.41) is 11.3. The van der Waals surface area contributed by atoms with E-state index in [9.17, 15) is 14.9 Å². The number of anilines is 1. The van der Waals surface area contributed by atoms with Gasteiger partial charge in [-0.05, 0) is 37.3 Å². The molecular weight excluding hydrogens is 256 g/mol.